The minimum Gasteiger partial charge on any atom is -0.496 e. The number of hydrogen-bond donors (Lipinski definition) is 1. The van der Waals surface area contributed by atoms with Gasteiger partial charge in [0.1, 0.15) is 5.75 Å². The molecule has 0 unspecified atom stereocenters. The summed E-state index contributed by atoms with van der Waals surface area (Å²) < 4.78 is 6.10. The highest BCUT2D eigenvalue weighted by atomic mass is 32.1. The number of carboxylic acid groups (broad SMARTS) is 1. The molecule has 1 N–H and O–H groups in total. The zero-order valence-electron chi connectivity index (χ0n) is 8.06. The minimum absolute atomic E-state index is 0.0652. The Morgan fingerprint density at radius 3 is 3.07 bits per heavy atom. The van der Waals surface area contributed by atoms with Gasteiger partial charge in [-0.15, -0.1) is 11.3 Å². The van der Waals surface area contributed by atoms with Gasteiger partial charge < -0.3 is 9.84 Å². The fraction of sp³-hybridized carbons (Fsp3) is 0.200. The summed E-state index contributed by atoms with van der Waals surface area (Å²) in [6.45, 7) is 0. The maximum atomic E-state index is 10.7. The lowest BCUT2D eigenvalue weighted by Crippen LogP contribution is -2.03. The Balaban J connectivity index is 2.62. The molecule has 0 saturated carbocycles. The van der Waals surface area contributed by atoms with Crippen molar-refractivity contribution in [2.45, 2.75) is 6.42 Å². The van der Waals surface area contributed by atoms with Crippen molar-refractivity contribution in [3.05, 3.63) is 23.2 Å². The van der Waals surface area contributed by atoms with Crippen LogP contribution in [0.1, 0.15) is 5.56 Å². The number of fused-ring (bicyclic) bond motifs is 1. The highest BCUT2D eigenvalue weighted by Crippen LogP contribution is 2.29. The Morgan fingerprint density at radius 1 is 1.60 bits per heavy atom. The van der Waals surface area contributed by atoms with Crippen LogP contribution in [0.4, 0.5) is 0 Å². The fourth-order valence-corrected chi connectivity index (χ4v) is 2.19. The number of nitrogens with zero attached hydrogens (tertiary/aromatic N) is 1. The van der Waals surface area contributed by atoms with Gasteiger partial charge in [0.25, 0.3) is 0 Å². The van der Waals surface area contributed by atoms with Crippen LogP contribution in [-0.4, -0.2) is 23.2 Å². The molecule has 78 valence electrons. The van der Waals surface area contributed by atoms with E-state index >= 15 is 0 Å². The third kappa shape index (κ3) is 1.78. The molecule has 5 heteroatoms. The predicted molar refractivity (Wildman–Crippen MR) is 57.5 cm³/mol. The van der Waals surface area contributed by atoms with Gasteiger partial charge in [-0.2, -0.15) is 0 Å². The maximum Gasteiger partial charge on any atom is 0.308 e. The first kappa shape index (κ1) is 9.92. The van der Waals surface area contributed by atoms with Crippen molar-refractivity contribution in [3.63, 3.8) is 0 Å². The number of rotatable bonds is 3. The van der Waals surface area contributed by atoms with Gasteiger partial charge in [0.05, 0.1) is 29.3 Å². The largest absolute Gasteiger partial charge is 0.496 e. The second-order valence-electron chi connectivity index (χ2n) is 3.02. The standard InChI is InChI=1S/C10H9NO3S/c1-14-7-2-3-8-10(11-5-15-8)6(7)4-9(12)13/h2-3,5H,4H2,1H3,(H,12,13). The molecule has 0 aliphatic rings. The highest BCUT2D eigenvalue weighted by Gasteiger charge is 2.13. The third-order valence-electron chi connectivity index (χ3n) is 2.11. The first-order chi connectivity index (χ1) is 7.22. The maximum absolute atomic E-state index is 10.7. The molecule has 0 saturated heterocycles. The Labute approximate surface area is 90.1 Å². The predicted octanol–water partition coefficient (Wildman–Crippen LogP) is 1.93. The second-order valence-corrected chi connectivity index (χ2v) is 3.90. The molecule has 0 aliphatic heterocycles. The molecule has 4 nitrogen and oxygen atoms in total. The summed E-state index contributed by atoms with van der Waals surface area (Å²) >= 11 is 1.49. The number of carbonyl (C=O) groups is 1. The van der Waals surface area contributed by atoms with E-state index < -0.39 is 5.97 Å². The quantitative estimate of drug-likeness (QED) is 0.863. The molecule has 0 radical (unpaired) electrons. The van der Waals surface area contributed by atoms with Gasteiger partial charge in [-0.1, -0.05) is 0 Å². The number of benzene rings is 1. The van der Waals surface area contributed by atoms with Gasteiger partial charge >= 0.3 is 5.97 Å². The number of hydrogen-bond acceptors (Lipinski definition) is 4. The molecular formula is C10H9NO3S. The normalized spacial score (nSPS) is 10.5. The Morgan fingerprint density at radius 2 is 2.40 bits per heavy atom. The van der Waals surface area contributed by atoms with E-state index in [2.05, 4.69) is 4.98 Å². The van der Waals surface area contributed by atoms with Crippen molar-refractivity contribution in [1.82, 2.24) is 4.98 Å². The van der Waals surface area contributed by atoms with Crippen LogP contribution in [0.2, 0.25) is 0 Å². The topological polar surface area (TPSA) is 59.4 Å². The van der Waals surface area contributed by atoms with Crippen LogP contribution in [0.3, 0.4) is 0 Å². The first-order valence-corrected chi connectivity index (χ1v) is 5.21. The molecule has 15 heavy (non-hydrogen) atoms. The molecule has 2 aromatic rings. The van der Waals surface area contributed by atoms with E-state index in [9.17, 15) is 4.79 Å². The zero-order chi connectivity index (χ0) is 10.8. The van der Waals surface area contributed by atoms with Crippen molar-refractivity contribution in [3.8, 4) is 5.75 Å². The summed E-state index contributed by atoms with van der Waals surface area (Å²) in [6, 6.07) is 3.66. The van der Waals surface area contributed by atoms with E-state index in [0.717, 1.165) is 10.2 Å². The molecule has 1 heterocycles. The summed E-state index contributed by atoms with van der Waals surface area (Å²) in [5.41, 5.74) is 3.07. The number of thiazole rings is 1. The van der Waals surface area contributed by atoms with E-state index in [4.69, 9.17) is 9.84 Å². The third-order valence-corrected chi connectivity index (χ3v) is 2.91. The molecule has 0 aliphatic carbocycles. The van der Waals surface area contributed by atoms with Crippen LogP contribution in [-0.2, 0) is 11.2 Å². The van der Waals surface area contributed by atoms with E-state index in [1.165, 1.54) is 18.4 Å². The molecule has 1 aromatic carbocycles. The lowest BCUT2D eigenvalue weighted by Gasteiger charge is -2.06. The van der Waals surface area contributed by atoms with Gasteiger partial charge in [-0.05, 0) is 12.1 Å². The Hall–Kier alpha value is -1.62. The van der Waals surface area contributed by atoms with E-state index in [1.807, 2.05) is 6.07 Å². The average molecular weight is 223 g/mol. The monoisotopic (exact) mass is 223 g/mol. The van der Waals surface area contributed by atoms with Crippen molar-refractivity contribution in [2.24, 2.45) is 0 Å². The molecule has 0 fully saturated rings. The number of ether oxygens (including phenoxy) is 1. The fourth-order valence-electron chi connectivity index (χ4n) is 1.48. The zero-order valence-corrected chi connectivity index (χ0v) is 8.87. The van der Waals surface area contributed by atoms with E-state index in [0.29, 0.717) is 11.3 Å². The number of methoxy groups -OCH3 is 1. The smallest absolute Gasteiger partial charge is 0.308 e. The molecule has 0 atom stereocenters. The van der Waals surface area contributed by atoms with Crippen LogP contribution in [0.5, 0.6) is 5.75 Å². The lowest BCUT2D eigenvalue weighted by molar-refractivity contribution is -0.136. The number of aliphatic carboxylic acids is 1. The van der Waals surface area contributed by atoms with Gasteiger partial charge in [-0.3, -0.25) is 4.79 Å². The number of carboxylic acids is 1. The summed E-state index contributed by atoms with van der Waals surface area (Å²) in [6.07, 6.45) is -0.0652. The van der Waals surface area contributed by atoms with Crippen LogP contribution in [0.25, 0.3) is 10.2 Å². The summed E-state index contributed by atoms with van der Waals surface area (Å²) in [5, 5.41) is 8.80. The number of aromatic nitrogens is 1. The van der Waals surface area contributed by atoms with Crippen molar-refractivity contribution >= 4 is 27.5 Å². The van der Waals surface area contributed by atoms with E-state index in [1.54, 1.807) is 11.6 Å². The SMILES string of the molecule is COc1ccc2scnc2c1CC(=O)O. The molecule has 0 bridgehead atoms. The van der Waals surface area contributed by atoms with Crippen molar-refractivity contribution in [1.29, 1.82) is 0 Å². The molecule has 1 aromatic heterocycles. The Bertz CT molecular complexity index is 506. The Kier molecular flexibility index (Phi) is 2.55. The van der Waals surface area contributed by atoms with Gasteiger partial charge in [-0.25, -0.2) is 4.98 Å². The summed E-state index contributed by atoms with van der Waals surface area (Å²) in [7, 11) is 1.53. The van der Waals surface area contributed by atoms with Crippen LogP contribution < -0.4 is 4.74 Å². The van der Waals surface area contributed by atoms with Crippen LogP contribution in [0.15, 0.2) is 17.6 Å². The molecular weight excluding hydrogens is 214 g/mol. The molecule has 0 amide bonds. The summed E-state index contributed by atoms with van der Waals surface area (Å²) in [5.74, 6) is -0.301. The van der Waals surface area contributed by atoms with E-state index in [-0.39, 0.29) is 6.42 Å². The minimum atomic E-state index is -0.881. The molecule has 0 spiro atoms. The van der Waals surface area contributed by atoms with Crippen LogP contribution in [0, 0.1) is 0 Å². The molecule has 2 rings (SSSR count). The first-order valence-electron chi connectivity index (χ1n) is 4.33. The van der Waals surface area contributed by atoms with Gasteiger partial charge in [0.15, 0.2) is 0 Å². The second kappa shape index (κ2) is 3.86. The summed E-state index contributed by atoms with van der Waals surface area (Å²) in [4.78, 5) is 14.9. The average Bonchev–Trinajstić information content (AvgIpc) is 2.65. The van der Waals surface area contributed by atoms with Crippen LogP contribution >= 0.6 is 11.3 Å². The van der Waals surface area contributed by atoms with Crippen molar-refractivity contribution < 1.29 is 14.6 Å². The van der Waals surface area contributed by atoms with Gasteiger partial charge in [0, 0.05) is 5.56 Å². The van der Waals surface area contributed by atoms with Crippen molar-refractivity contribution in [2.75, 3.05) is 7.11 Å². The lowest BCUT2D eigenvalue weighted by atomic mass is 10.1. The van der Waals surface area contributed by atoms with Gasteiger partial charge in [0.2, 0.25) is 0 Å². The highest BCUT2D eigenvalue weighted by molar-refractivity contribution is 7.16.